The lowest BCUT2D eigenvalue weighted by Crippen LogP contribution is -2.26. The monoisotopic (exact) mass is 345 g/mol. The Hall–Kier alpha value is -2.19. The highest BCUT2D eigenvalue weighted by atomic mass is 32.2. The van der Waals surface area contributed by atoms with Gasteiger partial charge >= 0.3 is 0 Å². The second-order valence-electron chi connectivity index (χ2n) is 6.21. The van der Waals surface area contributed by atoms with Crippen LogP contribution in [0.2, 0.25) is 0 Å². The number of aryl methyl sites for hydroxylation is 2. The van der Waals surface area contributed by atoms with Crippen LogP contribution in [0.15, 0.2) is 29.2 Å². The van der Waals surface area contributed by atoms with E-state index in [2.05, 4.69) is 24.5 Å². The Kier molecular flexibility index (Phi) is 3.47. The first-order valence-electron chi connectivity index (χ1n) is 7.94. The molecule has 2 heterocycles. The SMILES string of the molecule is Cc1n[nH]c(C)c1S(=O)(=O)NCc1nc2ccccc2n1C1CC1. The number of hydrogen-bond donors (Lipinski definition) is 2. The number of hydrogen-bond acceptors (Lipinski definition) is 4. The van der Waals surface area contributed by atoms with Gasteiger partial charge in [-0.3, -0.25) is 5.10 Å². The molecule has 0 unspecified atom stereocenters. The molecule has 0 bridgehead atoms. The van der Waals surface area contributed by atoms with Gasteiger partial charge < -0.3 is 4.57 Å². The van der Waals surface area contributed by atoms with Gasteiger partial charge in [-0.15, -0.1) is 0 Å². The smallest absolute Gasteiger partial charge is 0.244 e. The minimum atomic E-state index is -3.63. The van der Waals surface area contributed by atoms with Crippen LogP contribution in [0, 0.1) is 13.8 Å². The Morgan fingerprint density at radius 1 is 1.29 bits per heavy atom. The van der Waals surface area contributed by atoms with Crippen LogP contribution in [0.3, 0.4) is 0 Å². The Labute approximate surface area is 140 Å². The zero-order valence-electron chi connectivity index (χ0n) is 13.6. The fraction of sp³-hybridized carbons (Fsp3) is 0.375. The van der Waals surface area contributed by atoms with Gasteiger partial charge in [0.15, 0.2) is 0 Å². The van der Waals surface area contributed by atoms with E-state index in [1.165, 1.54) is 0 Å². The third-order valence-electron chi connectivity index (χ3n) is 4.33. The Morgan fingerprint density at radius 3 is 2.71 bits per heavy atom. The molecule has 1 saturated carbocycles. The standard InChI is InChI=1S/C16H19N5O2S/c1-10-16(11(2)20-19-10)24(22,23)17-9-15-18-13-5-3-4-6-14(13)21(15)12-7-8-12/h3-6,12,17H,7-9H2,1-2H3,(H,19,20). The minimum absolute atomic E-state index is 0.164. The van der Waals surface area contributed by atoms with Gasteiger partial charge in [0.25, 0.3) is 0 Å². The summed E-state index contributed by atoms with van der Waals surface area (Å²) in [5.41, 5.74) is 2.96. The number of aromatic amines is 1. The number of sulfonamides is 1. The third kappa shape index (κ3) is 2.51. The molecule has 0 saturated heterocycles. The van der Waals surface area contributed by atoms with Crippen molar-refractivity contribution in [3.05, 3.63) is 41.5 Å². The van der Waals surface area contributed by atoms with Crippen molar-refractivity contribution < 1.29 is 8.42 Å². The maximum Gasteiger partial charge on any atom is 0.244 e. The Morgan fingerprint density at radius 2 is 2.04 bits per heavy atom. The van der Waals surface area contributed by atoms with Crippen LogP contribution >= 0.6 is 0 Å². The van der Waals surface area contributed by atoms with E-state index in [0.717, 1.165) is 29.7 Å². The van der Waals surface area contributed by atoms with Gasteiger partial charge in [-0.05, 0) is 38.8 Å². The minimum Gasteiger partial charge on any atom is -0.324 e. The Balaban J connectivity index is 1.67. The predicted molar refractivity (Wildman–Crippen MR) is 90.1 cm³/mol. The molecule has 0 atom stereocenters. The van der Waals surface area contributed by atoms with Gasteiger partial charge in [0, 0.05) is 6.04 Å². The second kappa shape index (κ2) is 5.42. The first-order chi connectivity index (χ1) is 11.5. The topological polar surface area (TPSA) is 92.7 Å². The molecule has 0 amide bonds. The summed E-state index contributed by atoms with van der Waals surface area (Å²) in [5, 5.41) is 6.68. The van der Waals surface area contributed by atoms with Crippen molar-refractivity contribution in [1.29, 1.82) is 0 Å². The van der Waals surface area contributed by atoms with Crippen LogP contribution in [-0.2, 0) is 16.6 Å². The van der Waals surface area contributed by atoms with Gasteiger partial charge in [0.2, 0.25) is 10.0 Å². The quantitative estimate of drug-likeness (QED) is 0.741. The van der Waals surface area contributed by atoms with Crippen molar-refractivity contribution in [3.8, 4) is 0 Å². The number of benzene rings is 1. The molecule has 8 heteroatoms. The molecule has 2 N–H and O–H groups in total. The number of imidazole rings is 1. The molecule has 0 radical (unpaired) electrons. The highest BCUT2D eigenvalue weighted by molar-refractivity contribution is 7.89. The number of fused-ring (bicyclic) bond motifs is 1. The first-order valence-corrected chi connectivity index (χ1v) is 9.43. The number of H-pyrrole nitrogens is 1. The molecule has 4 rings (SSSR count). The van der Waals surface area contributed by atoms with Gasteiger partial charge in [-0.25, -0.2) is 18.1 Å². The molecule has 0 spiro atoms. The molecule has 2 aromatic heterocycles. The van der Waals surface area contributed by atoms with E-state index in [9.17, 15) is 8.42 Å². The van der Waals surface area contributed by atoms with Gasteiger partial charge in [0.1, 0.15) is 10.7 Å². The summed E-state index contributed by atoms with van der Waals surface area (Å²) in [6.45, 7) is 3.54. The van der Waals surface area contributed by atoms with Crippen LogP contribution in [0.5, 0.6) is 0 Å². The van der Waals surface area contributed by atoms with E-state index in [-0.39, 0.29) is 11.4 Å². The molecule has 1 aromatic carbocycles. The lowest BCUT2D eigenvalue weighted by molar-refractivity contribution is 0.574. The van der Waals surface area contributed by atoms with Crippen LogP contribution in [-0.4, -0.2) is 28.2 Å². The van der Waals surface area contributed by atoms with Crippen molar-refractivity contribution in [3.63, 3.8) is 0 Å². The highest BCUT2D eigenvalue weighted by Crippen LogP contribution is 2.38. The lowest BCUT2D eigenvalue weighted by Gasteiger charge is -2.09. The van der Waals surface area contributed by atoms with Crippen LogP contribution < -0.4 is 4.72 Å². The lowest BCUT2D eigenvalue weighted by atomic mass is 10.3. The molecule has 7 nitrogen and oxygen atoms in total. The molecule has 126 valence electrons. The van der Waals surface area contributed by atoms with E-state index in [4.69, 9.17) is 0 Å². The number of aromatic nitrogens is 4. The van der Waals surface area contributed by atoms with Crippen LogP contribution in [0.25, 0.3) is 11.0 Å². The summed E-state index contributed by atoms with van der Waals surface area (Å²) in [4.78, 5) is 4.83. The molecule has 1 aliphatic rings. The fourth-order valence-corrected chi connectivity index (χ4v) is 4.47. The summed E-state index contributed by atoms with van der Waals surface area (Å²) in [7, 11) is -3.63. The van der Waals surface area contributed by atoms with E-state index in [1.807, 2.05) is 24.3 Å². The van der Waals surface area contributed by atoms with Crippen molar-refractivity contribution in [2.75, 3.05) is 0 Å². The van der Waals surface area contributed by atoms with Crippen LogP contribution in [0.1, 0.15) is 36.1 Å². The maximum absolute atomic E-state index is 12.6. The van der Waals surface area contributed by atoms with E-state index >= 15 is 0 Å². The van der Waals surface area contributed by atoms with E-state index < -0.39 is 10.0 Å². The fourth-order valence-electron chi connectivity index (χ4n) is 3.13. The summed E-state index contributed by atoms with van der Waals surface area (Å²) < 4.78 is 30.1. The normalized spacial score (nSPS) is 15.2. The molecule has 1 aliphatic carbocycles. The largest absolute Gasteiger partial charge is 0.324 e. The van der Waals surface area contributed by atoms with Crippen molar-refractivity contribution in [2.24, 2.45) is 0 Å². The summed E-state index contributed by atoms with van der Waals surface area (Å²) >= 11 is 0. The van der Waals surface area contributed by atoms with E-state index in [1.54, 1.807) is 13.8 Å². The molecule has 1 fully saturated rings. The van der Waals surface area contributed by atoms with Gasteiger partial charge in [-0.1, -0.05) is 12.1 Å². The molecule has 3 aromatic rings. The number of nitrogens with zero attached hydrogens (tertiary/aromatic N) is 3. The van der Waals surface area contributed by atoms with Crippen molar-refractivity contribution >= 4 is 21.1 Å². The van der Waals surface area contributed by atoms with Gasteiger partial charge in [-0.2, -0.15) is 5.10 Å². The van der Waals surface area contributed by atoms with Crippen LogP contribution in [0.4, 0.5) is 0 Å². The molecular weight excluding hydrogens is 326 g/mol. The number of rotatable bonds is 5. The molecular formula is C16H19N5O2S. The van der Waals surface area contributed by atoms with E-state index in [0.29, 0.717) is 17.4 Å². The third-order valence-corrected chi connectivity index (χ3v) is 5.99. The predicted octanol–water partition coefficient (Wildman–Crippen LogP) is 2.19. The zero-order valence-corrected chi connectivity index (χ0v) is 14.4. The highest BCUT2D eigenvalue weighted by Gasteiger charge is 2.29. The Bertz CT molecular complexity index is 995. The zero-order chi connectivity index (χ0) is 16.9. The van der Waals surface area contributed by atoms with Crippen molar-refractivity contribution in [1.82, 2.24) is 24.5 Å². The maximum atomic E-state index is 12.6. The second-order valence-corrected chi connectivity index (χ2v) is 7.91. The van der Waals surface area contributed by atoms with Gasteiger partial charge in [0.05, 0.1) is 29.0 Å². The van der Waals surface area contributed by atoms with Crippen molar-refractivity contribution in [2.45, 2.75) is 44.2 Å². The summed E-state index contributed by atoms with van der Waals surface area (Å²) in [6.07, 6.45) is 2.22. The average Bonchev–Trinajstić information content (AvgIpc) is 3.22. The average molecular weight is 345 g/mol. The first kappa shape index (κ1) is 15.3. The molecule has 0 aliphatic heterocycles. The molecule has 24 heavy (non-hydrogen) atoms. The number of nitrogens with one attached hydrogen (secondary N) is 2. The summed E-state index contributed by atoms with van der Waals surface area (Å²) in [6, 6.07) is 8.34. The summed E-state index contributed by atoms with van der Waals surface area (Å²) in [5.74, 6) is 0.751. The number of para-hydroxylation sites is 2.